The third kappa shape index (κ3) is 5.40. The molecule has 1 aliphatic heterocycles. The monoisotopic (exact) mass is 378 g/mol. The van der Waals surface area contributed by atoms with Crippen LogP contribution in [0.2, 0.25) is 0 Å². The summed E-state index contributed by atoms with van der Waals surface area (Å²) in [5.74, 6) is -1.26. The topological polar surface area (TPSA) is 131 Å². The number of benzene rings is 1. The van der Waals surface area contributed by atoms with Gasteiger partial charge in [-0.15, -0.1) is 0 Å². The molecule has 1 heterocycles. The summed E-state index contributed by atoms with van der Waals surface area (Å²) in [5.41, 5.74) is 0.233. The Bertz CT molecular complexity index is 751. The number of carbonyl (C=O) groups excluding carboxylic acids is 3. The minimum absolute atomic E-state index is 0.0387. The number of rotatable bonds is 5. The van der Waals surface area contributed by atoms with Crippen molar-refractivity contribution in [3.8, 4) is 0 Å². The lowest BCUT2D eigenvalue weighted by molar-refractivity contribution is -0.384. The van der Waals surface area contributed by atoms with E-state index < -0.39 is 29.4 Å². The SMILES string of the molecule is CNC(=O)NC(=O)COC(=O)c1ccc(N2CCC[C@H](C)C2)c([N+](=O)[O-])c1. The van der Waals surface area contributed by atoms with E-state index in [-0.39, 0.29) is 11.3 Å². The van der Waals surface area contributed by atoms with Crippen LogP contribution in [-0.2, 0) is 9.53 Å². The predicted octanol–water partition coefficient (Wildman–Crippen LogP) is 1.44. The van der Waals surface area contributed by atoms with E-state index in [1.165, 1.54) is 19.2 Å². The number of ether oxygens (including phenoxy) is 1. The molecule has 3 amide bonds. The lowest BCUT2D eigenvalue weighted by atomic mass is 9.99. The summed E-state index contributed by atoms with van der Waals surface area (Å²) >= 11 is 0. The Morgan fingerprint density at radius 1 is 1.37 bits per heavy atom. The van der Waals surface area contributed by atoms with Crippen LogP contribution in [0.15, 0.2) is 18.2 Å². The van der Waals surface area contributed by atoms with Crippen molar-refractivity contribution in [3.05, 3.63) is 33.9 Å². The van der Waals surface area contributed by atoms with Gasteiger partial charge < -0.3 is 15.0 Å². The highest BCUT2D eigenvalue weighted by molar-refractivity contribution is 5.97. The van der Waals surface area contributed by atoms with E-state index in [0.29, 0.717) is 24.7 Å². The van der Waals surface area contributed by atoms with Crippen molar-refractivity contribution in [2.24, 2.45) is 5.92 Å². The van der Waals surface area contributed by atoms with Crippen molar-refractivity contribution in [3.63, 3.8) is 0 Å². The number of urea groups is 1. The van der Waals surface area contributed by atoms with E-state index >= 15 is 0 Å². The van der Waals surface area contributed by atoms with Crippen LogP contribution < -0.4 is 15.5 Å². The molecule has 1 aromatic rings. The average Bonchev–Trinajstić information content (AvgIpc) is 2.65. The molecule has 10 nitrogen and oxygen atoms in total. The van der Waals surface area contributed by atoms with Gasteiger partial charge in [-0.3, -0.25) is 20.2 Å². The summed E-state index contributed by atoms with van der Waals surface area (Å²) in [7, 11) is 1.33. The first-order chi connectivity index (χ1) is 12.8. The molecular formula is C17H22N4O6. The third-order valence-electron chi connectivity index (χ3n) is 4.22. The average molecular weight is 378 g/mol. The molecule has 27 heavy (non-hydrogen) atoms. The molecule has 2 N–H and O–H groups in total. The van der Waals surface area contributed by atoms with Crippen LogP contribution in [0.25, 0.3) is 0 Å². The predicted molar refractivity (Wildman–Crippen MR) is 96.6 cm³/mol. The molecule has 2 rings (SSSR count). The van der Waals surface area contributed by atoms with Crippen LogP contribution in [-0.4, -0.2) is 49.6 Å². The summed E-state index contributed by atoms with van der Waals surface area (Å²) < 4.78 is 4.81. The number of hydrogen-bond donors (Lipinski definition) is 2. The van der Waals surface area contributed by atoms with Gasteiger partial charge in [0.2, 0.25) is 0 Å². The van der Waals surface area contributed by atoms with Crippen LogP contribution in [0, 0.1) is 16.0 Å². The number of anilines is 1. The Morgan fingerprint density at radius 2 is 2.11 bits per heavy atom. The van der Waals surface area contributed by atoms with Crippen molar-refractivity contribution >= 4 is 29.3 Å². The zero-order valence-electron chi connectivity index (χ0n) is 15.2. The molecule has 0 radical (unpaired) electrons. The first-order valence-corrected chi connectivity index (χ1v) is 8.54. The number of nitrogens with zero attached hydrogens (tertiary/aromatic N) is 2. The number of esters is 1. The third-order valence-corrected chi connectivity index (χ3v) is 4.22. The van der Waals surface area contributed by atoms with E-state index in [1.807, 2.05) is 10.2 Å². The lowest BCUT2D eigenvalue weighted by Crippen LogP contribution is -2.39. The molecule has 0 unspecified atom stereocenters. The van der Waals surface area contributed by atoms with Gasteiger partial charge in [0.05, 0.1) is 10.5 Å². The first kappa shape index (κ1) is 20.1. The van der Waals surface area contributed by atoms with Crippen LogP contribution in [0.5, 0.6) is 0 Å². The van der Waals surface area contributed by atoms with Crippen molar-refractivity contribution in [2.45, 2.75) is 19.8 Å². The second kappa shape index (κ2) is 8.97. The standard InChI is InChI=1S/C17H22N4O6/c1-11-4-3-7-20(9-11)13-6-5-12(8-14(13)21(25)26)16(23)27-10-15(22)19-17(24)18-2/h5-6,8,11H,3-4,7,9-10H2,1-2H3,(H2,18,19,22,24)/t11-/m0/s1. The van der Waals surface area contributed by atoms with E-state index in [9.17, 15) is 24.5 Å². The molecule has 0 aliphatic carbocycles. The Hall–Kier alpha value is -3.17. The van der Waals surface area contributed by atoms with Gasteiger partial charge in [0, 0.05) is 26.2 Å². The van der Waals surface area contributed by atoms with Gasteiger partial charge in [0.15, 0.2) is 6.61 Å². The largest absolute Gasteiger partial charge is 0.452 e. The molecule has 0 aromatic heterocycles. The van der Waals surface area contributed by atoms with Crippen molar-refractivity contribution in [2.75, 3.05) is 31.6 Å². The van der Waals surface area contributed by atoms with Gasteiger partial charge >= 0.3 is 12.0 Å². The van der Waals surface area contributed by atoms with Gasteiger partial charge in [-0.05, 0) is 30.9 Å². The fraction of sp³-hybridized carbons (Fsp3) is 0.471. The van der Waals surface area contributed by atoms with Crippen molar-refractivity contribution < 1.29 is 24.0 Å². The second-order valence-electron chi connectivity index (χ2n) is 6.36. The Morgan fingerprint density at radius 3 is 2.74 bits per heavy atom. The number of nitrogens with one attached hydrogen (secondary N) is 2. The highest BCUT2D eigenvalue weighted by Crippen LogP contribution is 2.32. The van der Waals surface area contributed by atoms with E-state index in [2.05, 4.69) is 12.2 Å². The number of nitro groups is 1. The zero-order valence-corrected chi connectivity index (χ0v) is 15.2. The zero-order chi connectivity index (χ0) is 20.0. The van der Waals surface area contributed by atoms with Crippen molar-refractivity contribution in [1.82, 2.24) is 10.6 Å². The normalized spacial score (nSPS) is 16.4. The van der Waals surface area contributed by atoms with Crippen LogP contribution in [0.4, 0.5) is 16.2 Å². The van der Waals surface area contributed by atoms with Gasteiger partial charge in [-0.2, -0.15) is 0 Å². The quantitative estimate of drug-likeness (QED) is 0.450. The van der Waals surface area contributed by atoms with E-state index in [4.69, 9.17) is 4.74 Å². The fourth-order valence-corrected chi connectivity index (χ4v) is 2.91. The Balaban J connectivity index is 2.10. The summed E-state index contributed by atoms with van der Waals surface area (Å²) in [6.45, 7) is 2.85. The van der Waals surface area contributed by atoms with Gasteiger partial charge in [-0.1, -0.05) is 6.92 Å². The summed E-state index contributed by atoms with van der Waals surface area (Å²) in [6, 6.07) is 3.37. The minimum atomic E-state index is -0.885. The highest BCUT2D eigenvalue weighted by Gasteiger charge is 2.25. The van der Waals surface area contributed by atoms with Gasteiger partial charge in [-0.25, -0.2) is 9.59 Å². The molecule has 1 fully saturated rings. The molecule has 10 heteroatoms. The van der Waals surface area contributed by atoms with Crippen LogP contribution >= 0.6 is 0 Å². The molecule has 1 atom stereocenters. The summed E-state index contributed by atoms with van der Waals surface area (Å²) in [6.07, 6.45) is 2.02. The summed E-state index contributed by atoms with van der Waals surface area (Å²) in [5, 5.41) is 15.6. The number of amides is 3. The molecule has 0 saturated carbocycles. The number of nitro benzene ring substituents is 1. The number of carbonyl (C=O) groups is 3. The smallest absolute Gasteiger partial charge is 0.338 e. The molecule has 1 saturated heterocycles. The highest BCUT2D eigenvalue weighted by atomic mass is 16.6. The molecule has 1 aromatic carbocycles. The lowest BCUT2D eigenvalue weighted by Gasteiger charge is -2.32. The number of piperidine rings is 1. The first-order valence-electron chi connectivity index (χ1n) is 8.54. The van der Waals surface area contributed by atoms with Gasteiger partial charge in [0.1, 0.15) is 5.69 Å². The molecular weight excluding hydrogens is 356 g/mol. The summed E-state index contributed by atoms with van der Waals surface area (Å²) in [4.78, 5) is 47.4. The fourth-order valence-electron chi connectivity index (χ4n) is 2.91. The maximum Gasteiger partial charge on any atom is 0.338 e. The van der Waals surface area contributed by atoms with Crippen LogP contribution in [0.3, 0.4) is 0 Å². The van der Waals surface area contributed by atoms with Crippen molar-refractivity contribution in [1.29, 1.82) is 0 Å². The molecule has 0 bridgehead atoms. The Labute approximate surface area is 156 Å². The van der Waals surface area contributed by atoms with Crippen LogP contribution in [0.1, 0.15) is 30.1 Å². The maximum absolute atomic E-state index is 12.1. The molecule has 146 valence electrons. The Kier molecular flexibility index (Phi) is 6.69. The van der Waals surface area contributed by atoms with E-state index in [1.54, 1.807) is 0 Å². The number of imide groups is 1. The number of hydrogen-bond acceptors (Lipinski definition) is 7. The molecule has 1 aliphatic rings. The van der Waals surface area contributed by atoms with Gasteiger partial charge in [0.25, 0.3) is 11.6 Å². The maximum atomic E-state index is 12.1. The minimum Gasteiger partial charge on any atom is -0.452 e. The van der Waals surface area contributed by atoms with E-state index in [0.717, 1.165) is 18.9 Å². The second-order valence-corrected chi connectivity index (χ2v) is 6.36. The molecule has 0 spiro atoms.